The molecular weight excluding hydrogens is 184 g/mol. The van der Waals surface area contributed by atoms with Crippen molar-refractivity contribution >= 4 is 17.0 Å². The third-order valence-electron chi connectivity index (χ3n) is 1.93. The standard InChI is InChI=1S/C8H8N4O2/c1-12-8-5(3-11-12)6(2-7(13)14)9-4-10-8/h3-4H,2H2,1H3,(H,13,14). The highest BCUT2D eigenvalue weighted by atomic mass is 16.4. The van der Waals surface area contributed by atoms with Crippen LogP contribution < -0.4 is 0 Å². The molecule has 6 heteroatoms. The Balaban J connectivity index is 2.59. The number of aliphatic carboxylic acids is 1. The van der Waals surface area contributed by atoms with Crippen LogP contribution in [0.25, 0.3) is 11.0 Å². The Morgan fingerprint density at radius 1 is 1.57 bits per heavy atom. The molecule has 0 atom stereocenters. The lowest BCUT2D eigenvalue weighted by Crippen LogP contribution is -2.03. The van der Waals surface area contributed by atoms with Crippen molar-refractivity contribution in [1.29, 1.82) is 0 Å². The molecule has 0 saturated carbocycles. The first-order valence-corrected chi connectivity index (χ1v) is 4.02. The molecule has 14 heavy (non-hydrogen) atoms. The molecule has 0 saturated heterocycles. The third kappa shape index (κ3) is 1.30. The van der Waals surface area contributed by atoms with E-state index in [1.807, 2.05) is 0 Å². The number of aromatic nitrogens is 4. The maximum absolute atomic E-state index is 10.5. The van der Waals surface area contributed by atoms with Crippen molar-refractivity contribution < 1.29 is 9.90 Å². The molecule has 2 aromatic rings. The fourth-order valence-corrected chi connectivity index (χ4v) is 1.29. The number of hydrogen-bond donors (Lipinski definition) is 1. The summed E-state index contributed by atoms with van der Waals surface area (Å²) in [6, 6.07) is 0. The van der Waals surface area contributed by atoms with Gasteiger partial charge >= 0.3 is 5.97 Å². The summed E-state index contributed by atoms with van der Waals surface area (Å²) in [5.74, 6) is -0.908. The van der Waals surface area contributed by atoms with Crippen molar-refractivity contribution in [2.24, 2.45) is 7.05 Å². The zero-order valence-electron chi connectivity index (χ0n) is 7.51. The molecule has 1 N–H and O–H groups in total. The van der Waals surface area contributed by atoms with E-state index >= 15 is 0 Å². The van der Waals surface area contributed by atoms with Gasteiger partial charge in [0, 0.05) is 7.05 Å². The summed E-state index contributed by atoms with van der Waals surface area (Å²) in [4.78, 5) is 18.5. The smallest absolute Gasteiger partial charge is 0.309 e. The summed E-state index contributed by atoms with van der Waals surface area (Å²) in [5.41, 5.74) is 1.15. The Hall–Kier alpha value is -1.98. The highest BCUT2D eigenvalue weighted by Crippen LogP contribution is 2.13. The van der Waals surface area contributed by atoms with E-state index in [-0.39, 0.29) is 6.42 Å². The first kappa shape index (κ1) is 8.61. The van der Waals surface area contributed by atoms with Crippen LogP contribution in [-0.4, -0.2) is 30.8 Å². The number of nitrogens with zero attached hydrogens (tertiary/aromatic N) is 4. The van der Waals surface area contributed by atoms with E-state index in [1.165, 1.54) is 6.33 Å². The van der Waals surface area contributed by atoms with Gasteiger partial charge in [-0.15, -0.1) is 0 Å². The molecule has 2 heterocycles. The molecule has 0 bridgehead atoms. The van der Waals surface area contributed by atoms with Crippen LogP contribution in [0.1, 0.15) is 5.69 Å². The third-order valence-corrected chi connectivity index (χ3v) is 1.93. The normalized spacial score (nSPS) is 10.6. The van der Waals surface area contributed by atoms with Gasteiger partial charge in [0.05, 0.1) is 23.7 Å². The second-order valence-electron chi connectivity index (χ2n) is 2.90. The van der Waals surface area contributed by atoms with E-state index in [4.69, 9.17) is 5.11 Å². The minimum absolute atomic E-state index is 0.106. The molecule has 0 fully saturated rings. The topological polar surface area (TPSA) is 80.9 Å². The van der Waals surface area contributed by atoms with E-state index in [2.05, 4.69) is 15.1 Å². The van der Waals surface area contributed by atoms with Gasteiger partial charge in [-0.2, -0.15) is 5.10 Å². The monoisotopic (exact) mass is 192 g/mol. The molecule has 0 aliphatic rings. The fourth-order valence-electron chi connectivity index (χ4n) is 1.29. The number of carboxylic acid groups (broad SMARTS) is 1. The quantitative estimate of drug-likeness (QED) is 0.723. The second-order valence-corrected chi connectivity index (χ2v) is 2.90. The van der Waals surface area contributed by atoms with E-state index in [0.717, 1.165) is 0 Å². The minimum atomic E-state index is -0.908. The summed E-state index contributed by atoms with van der Waals surface area (Å²) in [6.07, 6.45) is 2.82. The zero-order valence-corrected chi connectivity index (χ0v) is 7.51. The van der Waals surface area contributed by atoms with Crippen LogP contribution >= 0.6 is 0 Å². The SMILES string of the molecule is Cn1ncc2c(CC(=O)O)ncnc21. The number of carboxylic acids is 1. The van der Waals surface area contributed by atoms with Gasteiger partial charge in [0.15, 0.2) is 5.65 Å². The van der Waals surface area contributed by atoms with Crippen LogP contribution in [0.2, 0.25) is 0 Å². The van der Waals surface area contributed by atoms with Crippen LogP contribution in [0.5, 0.6) is 0 Å². The predicted molar refractivity (Wildman–Crippen MR) is 47.6 cm³/mol. The average molecular weight is 192 g/mol. The first-order valence-electron chi connectivity index (χ1n) is 4.02. The van der Waals surface area contributed by atoms with Crippen molar-refractivity contribution in [2.75, 3.05) is 0 Å². The van der Waals surface area contributed by atoms with Crippen LogP contribution in [0.3, 0.4) is 0 Å². The van der Waals surface area contributed by atoms with Gasteiger partial charge in [-0.3, -0.25) is 9.48 Å². The van der Waals surface area contributed by atoms with Crippen LogP contribution in [-0.2, 0) is 18.3 Å². The molecule has 6 nitrogen and oxygen atoms in total. The number of aryl methyl sites for hydroxylation is 1. The number of carbonyl (C=O) groups is 1. The molecule has 72 valence electrons. The second kappa shape index (κ2) is 3.06. The lowest BCUT2D eigenvalue weighted by atomic mass is 10.2. The van der Waals surface area contributed by atoms with Gasteiger partial charge in [-0.05, 0) is 0 Å². The van der Waals surface area contributed by atoms with Crippen molar-refractivity contribution in [2.45, 2.75) is 6.42 Å². The highest BCUT2D eigenvalue weighted by molar-refractivity contribution is 5.81. The molecular formula is C8H8N4O2. The van der Waals surface area contributed by atoms with E-state index in [0.29, 0.717) is 16.7 Å². The van der Waals surface area contributed by atoms with Gasteiger partial charge in [-0.25, -0.2) is 9.97 Å². The maximum atomic E-state index is 10.5. The molecule has 2 rings (SSSR count). The van der Waals surface area contributed by atoms with Gasteiger partial charge in [-0.1, -0.05) is 0 Å². The molecule has 0 aliphatic carbocycles. The van der Waals surface area contributed by atoms with E-state index < -0.39 is 5.97 Å². The molecule has 0 unspecified atom stereocenters. The summed E-state index contributed by atoms with van der Waals surface area (Å²) in [7, 11) is 1.75. The minimum Gasteiger partial charge on any atom is -0.481 e. The molecule has 0 aromatic carbocycles. The Bertz CT molecular complexity index is 491. The zero-order chi connectivity index (χ0) is 10.1. The van der Waals surface area contributed by atoms with Crippen molar-refractivity contribution in [3.05, 3.63) is 18.2 Å². The van der Waals surface area contributed by atoms with Gasteiger partial charge in [0.1, 0.15) is 6.33 Å². The largest absolute Gasteiger partial charge is 0.481 e. The summed E-state index contributed by atoms with van der Waals surface area (Å²) in [5, 5.41) is 13.3. The molecule has 0 spiro atoms. The number of hydrogen-bond acceptors (Lipinski definition) is 4. The van der Waals surface area contributed by atoms with E-state index in [9.17, 15) is 4.79 Å². The van der Waals surface area contributed by atoms with Crippen LogP contribution in [0.15, 0.2) is 12.5 Å². The Morgan fingerprint density at radius 3 is 3.07 bits per heavy atom. The van der Waals surface area contributed by atoms with Crippen LogP contribution in [0.4, 0.5) is 0 Å². The first-order chi connectivity index (χ1) is 6.68. The van der Waals surface area contributed by atoms with E-state index in [1.54, 1.807) is 17.9 Å². The maximum Gasteiger partial charge on any atom is 0.309 e. The lowest BCUT2D eigenvalue weighted by molar-refractivity contribution is -0.136. The predicted octanol–water partition coefficient (Wildman–Crippen LogP) is -0.00960. The van der Waals surface area contributed by atoms with Crippen molar-refractivity contribution in [3.8, 4) is 0 Å². The Morgan fingerprint density at radius 2 is 2.36 bits per heavy atom. The Labute approximate surface area is 79.2 Å². The number of fused-ring (bicyclic) bond motifs is 1. The van der Waals surface area contributed by atoms with Crippen LogP contribution in [0, 0.1) is 0 Å². The van der Waals surface area contributed by atoms with Gasteiger partial charge < -0.3 is 5.11 Å². The summed E-state index contributed by atoms with van der Waals surface area (Å²) < 4.78 is 1.59. The summed E-state index contributed by atoms with van der Waals surface area (Å²) in [6.45, 7) is 0. The van der Waals surface area contributed by atoms with Gasteiger partial charge in [0.2, 0.25) is 0 Å². The highest BCUT2D eigenvalue weighted by Gasteiger charge is 2.10. The molecule has 2 aromatic heterocycles. The molecule has 0 aliphatic heterocycles. The average Bonchev–Trinajstić information content (AvgIpc) is 2.49. The van der Waals surface area contributed by atoms with Crippen molar-refractivity contribution in [3.63, 3.8) is 0 Å². The molecule has 0 amide bonds. The molecule has 0 radical (unpaired) electrons. The fraction of sp³-hybridized carbons (Fsp3) is 0.250. The van der Waals surface area contributed by atoms with Crippen molar-refractivity contribution in [1.82, 2.24) is 19.7 Å². The lowest BCUT2D eigenvalue weighted by Gasteiger charge is -1.97. The van der Waals surface area contributed by atoms with Gasteiger partial charge in [0.25, 0.3) is 0 Å². The summed E-state index contributed by atoms with van der Waals surface area (Å²) >= 11 is 0. The Kier molecular flexibility index (Phi) is 1.88. The number of rotatable bonds is 2.